The Morgan fingerprint density at radius 1 is 0.291 bits per heavy atom. The Morgan fingerprint density at radius 3 is 1.44 bits per heavy atom. The molecule has 0 saturated carbocycles. The molecule has 0 amide bonds. The predicted molar refractivity (Wildman–Crippen MR) is 354 cm³/mol. The van der Waals surface area contributed by atoms with Crippen LogP contribution in [0.2, 0.25) is 0 Å². The third-order valence-corrected chi connectivity index (χ3v) is 19.4. The largest absolute Gasteiger partial charge is 0.277 e. The average molecular weight is 1140 g/mol. The second-order valence-electron chi connectivity index (χ2n) is 21.8. The molecule has 0 unspecified atom stereocenters. The van der Waals surface area contributed by atoms with Gasteiger partial charge in [0.05, 0.1) is 76.6 Å². The molecule has 0 fully saturated rings. The molecule has 0 N–H and O–H groups in total. The summed E-state index contributed by atoms with van der Waals surface area (Å²) < 4.78 is 8.99. The molecule has 400 valence electrons. The number of imidazole rings is 2. The van der Waals surface area contributed by atoms with Gasteiger partial charge in [-0.3, -0.25) is 9.13 Å². The Balaban J connectivity index is 0.839. The molecule has 12 heteroatoms. The minimum atomic E-state index is 0.537. The van der Waals surface area contributed by atoms with Crippen molar-refractivity contribution in [3.63, 3.8) is 0 Å². The van der Waals surface area contributed by atoms with Gasteiger partial charge in [-0.25, -0.2) is 39.7 Å². The van der Waals surface area contributed by atoms with E-state index in [1.165, 1.54) is 0 Å². The Hall–Kier alpha value is -11.2. The summed E-state index contributed by atoms with van der Waals surface area (Å²) >= 11 is 3.47. The molecule has 19 rings (SSSR count). The van der Waals surface area contributed by atoms with Crippen LogP contribution in [0.25, 0.3) is 141 Å². The van der Waals surface area contributed by atoms with Crippen LogP contribution in [0.3, 0.4) is 0 Å². The van der Waals surface area contributed by atoms with Crippen LogP contribution in [0.1, 0.15) is 0 Å². The van der Waals surface area contributed by atoms with Gasteiger partial charge in [0, 0.05) is 53.6 Å². The summed E-state index contributed by atoms with van der Waals surface area (Å²) in [5.41, 5.74) is 19.6. The number of anilines is 6. The third kappa shape index (κ3) is 6.81. The van der Waals surface area contributed by atoms with Gasteiger partial charge in [0.2, 0.25) is 23.8 Å². The Bertz CT molecular complexity index is 5710. The van der Waals surface area contributed by atoms with Crippen LogP contribution < -0.4 is 9.80 Å². The second-order valence-corrected chi connectivity index (χ2v) is 23.9. The fourth-order valence-electron chi connectivity index (χ4n) is 13.3. The van der Waals surface area contributed by atoms with Gasteiger partial charge >= 0.3 is 0 Å². The predicted octanol–water partition coefficient (Wildman–Crippen LogP) is 19.7. The highest BCUT2D eigenvalue weighted by molar-refractivity contribution is 7.26. The van der Waals surface area contributed by atoms with E-state index < -0.39 is 0 Å². The van der Waals surface area contributed by atoms with Crippen molar-refractivity contribution in [3.8, 4) is 67.3 Å². The molecule has 0 atom stereocenters. The average Bonchev–Trinajstić information content (AvgIpc) is 1.92. The summed E-state index contributed by atoms with van der Waals surface area (Å²) in [6.07, 6.45) is 0. The standard InChI is InChI=1S/C74H42N10S2/c1-3-20-43(21-4-1)65-69-67(52-27-10-17-36-62(52)85-69)79-71(77-65)83-57-33-14-8-25-49(57)48-24-7-13-32-56(48)81-60-40-38-45(42-55(60)76-74(81)83)46-29-19-30-50-47(46)39-41-61-64(50)51-26-9-15-34-58(51)82-59-35-16-12-31-54(59)75-73(82)84(61)72-78-66(44-22-5-2-6-23-44)70-68(80-72)53-28-11-18-37-63(53)86-70/h1-42H. The van der Waals surface area contributed by atoms with Crippen molar-refractivity contribution in [2.24, 2.45) is 0 Å². The monoisotopic (exact) mass is 1130 g/mol. The van der Waals surface area contributed by atoms with Crippen LogP contribution in [0.15, 0.2) is 255 Å². The van der Waals surface area contributed by atoms with Gasteiger partial charge in [-0.1, -0.05) is 194 Å². The lowest BCUT2D eigenvalue weighted by Gasteiger charge is -2.24. The first-order chi connectivity index (χ1) is 42.7. The number of nitrogens with zero attached hydrogens (tertiary/aromatic N) is 10. The van der Waals surface area contributed by atoms with E-state index in [4.69, 9.17) is 29.9 Å². The van der Waals surface area contributed by atoms with E-state index in [1.54, 1.807) is 22.7 Å². The molecule has 2 aliphatic heterocycles. The molecular weight excluding hydrogens is 1090 g/mol. The third-order valence-electron chi connectivity index (χ3n) is 17.1. The van der Waals surface area contributed by atoms with E-state index in [0.717, 1.165) is 152 Å². The van der Waals surface area contributed by atoms with Gasteiger partial charge in [0.15, 0.2) is 0 Å². The summed E-state index contributed by atoms with van der Waals surface area (Å²) in [7, 11) is 0. The zero-order valence-electron chi connectivity index (χ0n) is 45.5. The second kappa shape index (κ2) is 18.2. The van der Waals surface area contributed by atoms with Crippen molar-refractivity contribution in [2.45, 2.75) is 0 Å². The first-order valence-electron chi connectivity index (χ1n) is 28.6. The number of thiophene rings is 2. The summed E-state index contributed by atoms with van der Waals surface area (Å²) in [6.45, 7) is 0. The summed E-state index contributed by atoms with van der Waals surface area (Å²) in [6, 6.07) is 90.2. The number of aromatic nitrogens is 8. The molecule has 0 bridgehead atoms. The maximum Gasteiger partial charge on any atom is 0.238 e. The topological polar surface area (TPSA) is 93.7 Å². The molecule has 0 spiro atoms. The number of para-hydroxylation sites is 5. The van der Waals surface area contributed by atoms with Crippen LogP contribution in [0, 0.1) is 0 Å². The van der Waals surface area contributed by atoms with Gasteiger partial charge in [-0.05, 0) is 82.6 Å². The molecule has 11 aromatic carbocycles. The lowest BCUT2D eigenvalue weighted by Crippen LogP contribution is -2.17. The highest BCUT2D eigenvalue weighted by Gasteiger charge is 2.35. The molecular formula is C74H42N10S2. The van der Waals surface area contributed by atoms with Gasteiger partial charge < -0.3 is 0 Å². The van der Waals surface area contributed by atoms with Gasteiger partial charge in [0.1, 0.15) is 0 Å². The van der Waals surface area contributed by atoms with E-state index in [1.807, 2.05) is 0 Å². The van der Waals surface area contributed by atoms with Crippen LogP contribution in [-0.2, 0) is 0 Å². The van der Waals surface area contributed by atoms with Crippen molar-refractivity contribution in [1.82, 2.24) is 39.0 Å². The molecule has 17 aromatic rings. The highest BCUT2D eigenvalue weighted by atomic mass is 32.1. The van der Waals surface area contributed by atoms with Crippen LogP contribution >= 0.6 is 22.7 Å². The fraction of sp³-hybridized carbons (Fsp3) is 0. The SMILES string of the molecule is c1ccc(-c2nc(N3c4ccccc4-c4ccccc4-n4c3nc3cc(-c5cccc6c7c(ccc56)N(c5nc(-c6ccccc6)c6sc8ccccc8c6n5)c5nc6ccccc6n5-c5ccccc5-7)ccc34)nc3c2sc2ccccc23)cc1. The number of hydrogen-bond acceptors (Lipinski definition) is 10. The van der Waals surface area contributed by atoms with Crippen molar-refractivity contribution in [2.75, 3.05) is 9.80 Å². The van der Waals surface area contributed by atoms with Gasteiger partial charge in [-0.15, -0.1) is 22.7 Å². The molecule has 10 nitrogen and oxygen atoms in total. The molecule has 0 saturated heterocycles. The van der Waals surface area contributed by atoms with E-state index in [2.05, 4.69) is 274 Å². The van der Waals surface area contributed by atoms with E-state index in [0.29, 0.717) is 23.8 Å². The van der Waals surface area contributed by atoms with Crippen molar-refractivity contribution < 1.29 is 0 Å². The van der Waals surface area contributed by atoms with Gasteiger partial charge in [-0.2, -0.15) is 0 Å². The summed E-state index contributed by atoms with van der Waals surface area (Å²) in [5.74, 6) is 2.48. The molecule has 0 aliphatic carbocycles. The van der Waals surface area contributed by atoms with E-state index in [-0.39, 0.29) is 0 Å². The Labute approximate surface area is 499 Å². The Kier molecular flexibility index (Phi) is 9.99. The highest BCUT2D eigenvalue weighted by Crippen LogP contribution is 2.53. The molecule has 8 heterocycles. The number of rotatable bonds is 5. The zero-order chi connectivity index (χ0) is 56.1. The smallest absolute Gasteiger partial charge is 0.238 e. The number of hydrogen-bond donors (Lipinski definition) is 0. The summed E-state index contributed by atoms with van der Waals surface area (Å²) in [4.78, 5) is 37.9. The molecule has 0 radical (unpaired) electrons. The maximum atomic E-state index is 5.71. The van der Waals surface area contributed by atoms with Crippen molar-refractivity contribution in [1.29, 1.82) is 0 Å². The lowest BCUT2D eigenvalue weighted by molar-refractivity contribution is 1.01. The van der Waals surface area contributed by atoms with Crippen LogP contribution in [0.4, 0.5) is 35.2 Å². The molecule has 86 heavy (non-hydrogen) atoms. The van der Waals surface area contributed by atoms with E-state index in [9.17, 15) is 0 Å². The fourth-order valence-corrected chi connectivity index (χ4v) is 15.6. The van der Waals surface area contributed by atoms with Crippen LogP contribution in [0.5, 0.6) is 0 Å². The molecule has 6 aromatic heterocycles. The van der Waals surface area contributed by atoms with Gasteiger partial charge in [0.25, 0.3) is 0 Å². The minimum Gasteiger partial charge on any atom is -0.277 e. The first-order valence-corrected chi connectivity index (χ1v) is 30.2. The quantitative estimate of drug-likeness (QED) is 0.168. The first kappa shape index (κ1) is 47.3. The number of benzene rings is 11. The molecule has 2 aliphatic rings. The lowest BCUT2D eigenvalue weighted by atomic mass is 9.90. The minimum absolute atomic E-state index is 0.537. The zero-order valence-corrected chi connectivity index (χ0v) is 47.2. The number of fused-ring (bicyclic) bond motifs is 22. The summed E-state index contributed by atoms with van der Waals surface area (Å²) in [5, 5.41) is 4.36. The maximum absolute atomic E-state index is 5.71. The van der Waals surface area contributed by atoms with Crippen molar-refractivity contribution in [3.05, 3.63) is 255 Å². The normalized spacial score (nSPS) is 12.6. The van der Waals surface area contributed by atoms with Crippen molar-refractivity contribution >= 4 is 131 Å². The Morgan fingerprint density at radius 2 is 0.779 bits per heavy atom. The van der Waals surface area contributed by atoms with E-state index >= 15 is 0 Å². The van der Waals surface area contributed by atoms with Crippen LogP contribution in [-0.4, -0.2) is 39.0 Å².